The fraction of sp³-hybridized carbons (Fsp3) is 0.923. The van der Waals surface area contributed by atoms with Crippen molar-refractivity contribution in [2.45, 2.75) is 103 Å². The van der Waals surface area contributed by atoms with E-state index in [1.165, 1.54) is 7.11 Å². The van der Waals surface area contributed by atoms with Crippen molar-refractivity contribution in [2.75, 3.05) is 13.7 Å². The van der Waals surface area contributed by atoms with E-state index in [0.29, 0.717) is 19.3 Å². The normalized spacial score (nSPS) is 50.2. The van der Waals surface area contributed by atoms with Gasteiger partial charge in [-0.25, -0.2) is 0 Å². The van der Waals surface area contributed by atoms with Gasteiger partial charge in [0, 0.05) is 11.3 Å². The maximum Gasteiger partial charge on any atom is 0.311 e. The second-order valence-corrected chi connectivity index (χ2v) is 13.2. The van der Waals surface area contributed by atoms with Crippen LogP contribution in [0.15, 0.2) is 0 Å². The van der Waals surface area contributed by atoms with Gasteiger partial charge in [0.25, 0.3) is 0 Å². The summed E-state index contributed by atoms with van der Waals surface area (Å²) in [6.45, 7) is 8.71. The molecule has 2 bridgehead atoms. The molecule has 0 radical (unpaired) electrons. The van der Waals surface area contributed by atoms with Crippen LogP contribution in [0.25, 0.3) is 0 Å². The summed E-state index contributed by atoms with van der Waals surface area (Å²) in [6.07, 6.45) is 0.646. The van der Waals surface area contributed by atoms with Gasteiger partial charge in [-0.2, -0.15) is 0 Å². The van der Waals surface area contributed by atoms with Crippen LogP contribution in [-0.4, -0.2) is 69.5 Å². The predicted molar refractivity (Wildman–Crippen MR) is 122 cm³/mol. The summed E-state index contributed by atoms with van der Waals surface area (Å²) in [5.41, 5.74) is -6.40. The molecule has 0 aromatic rings. The number of carbonyl (C=O) groups is 2. The Labute approximate surface area is 202 Å². The topological polar surface area (TPSA) is 134 Å². The third-order valence-electron chi connectivity index (χ3n) is 10.2. The van der Waals surface area contributed by atoms with Crippen molar-refractivity contribution >= 4 is 11.9 Å². The third kappa shape index (κ3) is 3.24. The third-order valence-corrected chi connectivity index (χ3v) is 10.2. The Kier molecular flexibility index (Phi) is 5.81. The summed E-state index contributed by atoms with van der Waals surface area (Å²) in [5, 5.41) is 46.4. The Morgan fingerprint density at radius 2 is 1.68 bits per heavy atom. The van der Waals surface area contributed by atoms with Crippen LogP contribution in [0.1, 0.15) is 79.6 Å². The maximum atomic E-state index is 12.9. The van der Waals surface area contributed by atoms with Crippen molar-refractivity contribution in [3.05, 3.63) is 0 Å². The van der Waals surface area contributed by atoms with Crippen molar-refractivity contribution in [1.82, 2.24) is 0 Å². The fourth-order valence-corrected chi connectivity index (χ4v) is 8.72. The average molecular weight is 483 g/mol. The molecule has 4 aliphatic carbocycles. The summed E-state index contributed by atoms with van der Waals surface area (Å²) >= 11 is 0. The number of ether oxygens (including phenoxy) is 2. The van der Waals surface area contributed by atoms with Crippen LogP contribution in [0, 0.1) is 33.5 Å². The van der Waals surface area contributed by atoms with Crippen LogP contribution < -0.4 is 0 Å². The number of esters is 2. The van der Waals surface area contributed by atoms with E-state index in [2.05, 4.69) is 6.92 Å². The molecule has 0 heterocycles. The van der Waals surface area contributed by atoms with Gasteiger partial charge >= 0.3 is 11.9 Å². The molecule has 4 N–H and O–H groups in total. The van der Waals surface area contributed by atoms with E-state index in [1.807, 2.05) is 6.92 Å². The highest BCUT2D eigenvalue weighted by atomic mass is 16.5. The molecule has 0 aromatic heterocycles. The Hall–Kier alpha value is -1.22. The van der Waals surface area contributed by atoms with Crippen molar-refractivity contribution < 1.29 is 39.5 Å². The number of hydrogen-bond acceptors (Lipinski definition) is 8. The molecule has 0 aromatic carbocycles. The zero-order chi connectivity index (χ0) is 25.5. The molecule has 8 nitrogen and oxygen atoms in total. The molecule has 4 aliphatic rings. The number of carbonyl (C=O) groups excluding carboxylic acids is 2. The first-order valence-electron chi connectivity index (χ1n) is 12.6. The lowest BCUT2D eigenvalue weighted by Gasteiger charge is -2.66. The Bertz CT molecular complexity index is 867. The minimum absolute atomic E-state index is 0.0219. The van der Waals surface area contributed by atoms with E-state index in [4.69, 9.17) is 9.47 Å². The smallest absolute Gasteiger partial charge is 0.311 e. The molecular weight excluding hydrogens is 440 g/mol. The molecule has 34 heavy (non-hydrogen) atoms. The molecular formula is C26H42O8. The molecule has 0 saturated heterocycles. The van der Waals surface area contributed by atoms with Gasteiger partial charge in [0.2, 0.25) is 0 Å². The average Bonchev–Trinajstić information content (AvgIpc) is 2.91. The van der Waals surface area contributed by atoms with Crippen molar-refractivity contribution in [3.63, 3.8) is 0 Å². The summed E-state index contributed by atoms with van der Waals surface area (Å²) < 4.78 is 10.6. The van der Waals surface area contributed by atoms with Gasteiger partial charge in [-0.1, -0.05) is 13.3 Å². The van der Waals surface area contributed by atoms with Gasteiger partial charge in [-0.05, 0) is 77.6 Å². The lowest BCUT2D eigenvalue weighted by Crippen LogP contribution is -2.69. The highest BCUT2D eigenvalue weighted by molar-refractivity contribution is 5.77. The number of hydrogen-bond donors (Lipinski definition) is 4. The van der Waals surface area contributed by atoms with Gasteiger partial charge < -0.3 is 29.9 Å². The number of aliphatic hydroxyl groups is 4. The first-order valence-corrected chi connectivity index (χ1v) is 12.6. The SMILES string of the molecule is COC(=O)[C@]1(C)CCC[C@@]2(C)[C@@H]3CC[C@]4(O)C[C@]3(C[C@]4(O)COC(=O)C(C)(C)C)[C@@H](O)[C@@H](O)[C@@H]21. The Balaban J connectivity index is 1.72. The number of aliphatic hydroxyl groups excluding tert-OH is 2. The number of methoxy groups -OCH3 is 1. The fourth-order valence-electron chi connectivity index (χ4n) is 8.72. The highest BCUT2D eigenvalue weighted by Crippen LogP contribution is 2.73. The van der Waals surface area contributed by atoms with Crippen LogP contribution in [0.4, 0.5) is 0 Å². The summed E-state index contributed by atoms with van der Waals surface area (Å²) in [6, 6.07) is 0. The first kappa shape index (κ1) is 25.9. The monoisotopic (exact) mass is 482 g/mol. The highest BCUT2D eigenvalue weighted by Gasteiger charge is 2.77. The van der Waals surface area contributed by atoms with Gasteiger partial charge in [-0.3, -0.25) is 9.59 Å². The molecule has 0 unspecified atom stereocenters. The molecule has 4 saturated carbocycles. The standard InChI is InChI=1S/C26H42O8/c1-21(2,3)19(29)34-14-26(32)13-24-12-25(26,31)11-8-15(24)22(4)9-7-10-23(5,20(30)33-6)17(22)16(27)18(24)28/h15-18,27-28,31-32H,7-14H2,1-6H3/t15-,16-,17-,18-,22-,23+,24+,25-,26-/m0/s1. The molecule has 0 aliphatic heterocycles. The quantitative estimate of drug-likeness (QED) is 0.449. The summed E-state index contributed by atoms with van der Waals surface area (Å²) in [4.78, 5) is 25.3. The molecule has 4 fully saturated rings. The first-order chi connectivity index (χ1) is 15.5. The van der Waals surface area contributed by atoms with E-state index < -0.39 is 57.0 Å². The van der Waals surface area contributed by atoms with Gasteiger partial charge in [0.15, 0.2) is 0 Å². The lowest BCUT2D eigenvalue weighted by molar-refractivity contribution is -0.261. The number of fused-ring (bicyclic) bond motifs is 3. The lowest BCUT2D eigenvalue weighted by atomic mass is 9.39. The molecule has 9 atom stereocenters. The minimum Gasteiger partial charge on any atom is -0.469 e. The van der Waals surface area contributed by atoms with Gasteiger partial charge in [0.05, 0.1) is 35.7 Å². The summed E-state index contributed by atoms with van der Waals surface area (Å²) in [7, 11) is 1.35. The zero-order valence-electron chi connectivity index (χ0n) is 21.4. The Morgan fingerprint density at radius 3 is 2.26 bits per heavy atom. The maximum absolute atomic E-state index is 12.9. The van der Waals surface area contributed by atoms with Crippen LogP contribution in [0.5, 0.6) is 0 Å². The van der Waals surface area contributed by atoms with Crippen LogP contribution in [-0.2, 0) is 19.1 Å². The van der Waals surface area contributed by atoms with Crippen molar-refractivity contribution in [1.29, 1.82) is 0 Å². The predicted octanol–water partition coefficient (Wildman–Crippen LogP) is 1.95. The minimum atomic E-state index is -1.73. The molecule has 4 rings (SSSR count). The molecule has 8 heteroatoms. The van der Waals surface area contributed by atoms with E-state index in [-0.39, 0.29) is 31.3 Å². The van der Waals surface area contributed by atoms with Crippen LogP contribution >= 0.6 is 0 Å². The Morgan fingerprint density at radius 1 is 1.03 bits per heavy atom. The van der Waals surface area contributed by atoms with Crippen LogP contribution in [0.3, 0.4) is 0 Å². The van der Waals surface area contributed by atoms with Gasteiger partial charge in [0.1, 0.15) is 12.2 Å². The van der Waals surface area contributed by atoms with Crippen molar-refractivity contribution in [3.8, 4) is 0 Å². The summed E-state index contributed by atoms with van der Waals surface area (Å²) in [5.74, 6) is -1.49. The second-order valence-electron chi connectivity index (χ2n) is 13.2. The zero-order valence-corrected chi connectivity index (χ0v) is 21.4. The van der Waals surface area contributed by atoms with Crippen molar-refractivity contribution in [2.24, 2.45) is 33.5 Å². The van der Waals surface area contributed by atoms with Gasteiger partial charge in [-0.15, -0.1) is 0 Å². The van der Waals surface area contributed by atoms with Crippen LogP contribution in [0.2, 0.25) is 0 Å². The largest absolute Gasteiger partial charge is 0.469 e. The van der Waals surface area contributed by atoms with E-state index in [0.717, 1.165) is 12.8 Å². The molecule has 1 spiro atoms. The molecule has 194 valence electrons. The number of rotatable bonds is 3. The second kappa shape index (κ2) is 7.64. The van der Waals surface area contributed by atoms with E-state index in [9.17, 15) is 30.0 Å². The van der Waals surface area contributed by atoms with E-state index in [1.54, 1.807) is 20.8 Å². The van der Waals surface area contributed by atoms with E-state index >= 15 is 0 Å². The molecule has 0 amide bonds.